The Hall–Kier alpha value is -0.340. The molecule has 0 radical (unpaired) electrons. The first-order valence-corrected chi connectivity index (χ1v) is 7.29. The molecule has 1 heterocycles. The number of hydrogen-bond donors (Lipinski definition) is 1. The normalized spacial score (nSPS) is 25.4. The van der Waals surface area contributed by atoms with E-state index in [4.69, 9.17) is 4.74 Å². The zero-order chi connectivity index (χ0) is 12.5. The van der Waals surface area contributed by atoms with E-state index in [-0.39, 0.29) is 18.3 Å². The van der Waals surface area contributed by atoms with Crippen LogP contribution >= 0.6 is 0 Å². The third kappa shape index (κ3) is 6.23. The van der Waals surface area contributed by atoms with Crippen LogP contribution in [-0.4, -0.2) is 23.4 Å². The Morgan fingerprint density at radius 1 is 1.12 bits per heavy atom. The van der Waals surface area contributed by atoms with Crippen molar-refractivity contribution in [2.75, 3.05) is 0 Å². The quantitative estimate of drug-likeness (QED) is 0.357. The van der Waals surface area contributed by atoms with E-state index >= 15 is 0 Å². The van der Waals surface area contributed by atoms with Gasteiger partial charge < -0.3 is 9.84 Å². The monoisotopic (exact) mass is 240 g/mol. The van der Waals surface area contributed by atoms with Gasteiger partial charge in [-0.3, -0.25) is 0 Å². The summed E-state index contributed by atoms with van der Waals surface area (Å²) >= 11 is 0. The van der Waals surface area contributed by atoms with Gasteiger partial charge in [0, 0.05) is 0 Å². The number of rotatable bonds is 10. The van der Waals surface area contributed by atoms with Gasteiger partial charge in [0.05, 0.1) is 6.10 Å². The predicted molar refractivity (Wildman–Crippen MR) is 72.1 cm³/mol. The Labute approximate surface area is 106 Å². The summed E-state index contributed by atoms with van der Waals surface area (Å²) in [4.78, 5) is 0. The van der Waals surface area contributed by atoms with E-state index in [0.29, 0.717) is 0 Å². The second-order valence-corrected chi connectivity index (χ2v) is 5.05. The Balaban J connectivity index is 2.03. The second-order valence-electron chi connectivity index (χ2n) is 5.05. The lowest BCUT2D eigenvalue weighted by Crippen LogP contribution is -2.16. The van der Waals surface area contributed by atoms with E-state index in [9.17, 15) is 5.11 Å². The van der Waals surface area contributed by atoms with Gasteiger partial charge in [0.1, 0.15) is 12.2 Å². The van der Waals surface area contributed by atoms with E-state index in [0.717, 1.165) is 19.3 Å². The summed E-state index contributed by atoms with van der Waals surface area (Å²) < 4.78 is 5.48. The summed E-state index contributed by atoms with van der Waals surface area (Å²) in [5, 5.41) is 9.87. The van der Waals surface area contributed by atoms with Crippen molar-refractivity contribution in [3.8, 4) is 0 Å². The highest BCUT2D eigenvalue weighted by Crippen LogP contribution is 2.29. The molecule has 0 aromatic heterocycles. The van der Waals surface area contributed by atoms with E-state index < -0.39 is 0 Å². The Morgan fingerprint density at radius 3 is 2.53 bits per heavy atom. The van der Waals surface area contributed by atoms with E-state index in [1.54, 1.807) is 0 Å². The molecule has 3 atom stereocenters. The SMILES string of the molecule is CCCCC/C=C\[C@H]1O[C@@H]1[C@H](O)CCCCC. The summed E-state index contributed by atoms with van der Waals surface area (Å²) in [7, 11) is 0. The standard InChI is InChI=1S/C15H28O2/c1-3-5-7-8-10-12-14-15(17-14)13(16)11-9-6-4-2/h10,12-16H,3-9,11H2,1-2H3/b12-10-/t13-,14-,15-/m1/s1. The molecule has 1 aliphatic heterocycles. The molecular weight excluding hydrogens is 212 g/mol. The van der Waals surface area contributed by atoms with Crippen molar-refractivity contribution in [3.05, 3.63) is 12.2 Å². The minimum absolute atomic E-state index is 0.0780. The van der Waals surface area contributed by atoms with Crippen LogP contribution < -0.4 is 0 Å². The zero-order valence-corrected chi connectivity index (χ0v) is 11.4. The van der Waals surface area contributed by atoms with Crippen LogP contribution in [0.25, 0.3) is 0 Å². The molecule has 2 nitrogen and oxygen atoms in total. The van der Waals surface area contributed by atoms with Gasteiger partial charge in [-0.15, -0.1) is 0 Å². The van der Waals surface area contributed by atoms with E-state index in [1.807, 2.05) is 0 Å². The third-order valence-corrected chi connectivity index (χ3v) is 3.34. The topological polar surface area (TPSA) is 32.8 Å². The summed E-state index contributed by atoms with van der Waals surface area (Å²) in [6, 6.07) is 0. The fourth-order valence-corrected chi connectivity index (χ4v) is 2.11. The van der Waals surface area contributed by atoms with Crippen molar-refractivity contribution in [3.63, 3.8) is 0 Å². The number of aliphatic hydroxyl groups is 1. The van der Waals surface area contributed by atoms with Crippen LogP contribution in [-0.2, 0) is 4.74 Å². The first-order chi connectivity index (χ1) is 8.29. The zero-order valence-electron chi connectivity index (χ0n) is 11.4. The number of hydrogen-bond acceptors (Lipinski definition) is 2. The maximum absolute atomic E-state index is 9.87. The number of allylic oxidation sites excluding steroid dienone is 1. The molecule has 0 saturated carbocycles. The minimum Gasteiger partial charge on any atom is -0.390 e. The van der Waals surface area contributed by atoms with Crippen LogP contribution in [0.15, 0.2) is 12.2 Å². The molecule has 1 N–H and O–H groups in total. The molecule has 1 fully saturated rings. The first-order valence-electron chi connectivity index (χ1n) is 7.29. The molecule has 0 aromatic rings. The number of ether oxygens (including phenoxy) is 1. The molecule has 100 valence electrons. The van der Waals surface area contributed by atoms with Crippen LogP contribution in [0, 0.1) is 0 Å². The molecule has 0 spiro atoms. The molecule has 1 aliphatic rings. The summed E-state index contributed by atoms with van der Waals surface area (Å²) in [6.07, 6.45) is 13.8. The van der Waals surface area contributed by atoms with Gasteiger partial charge in [-0.25, -0.2) is 0 Å². The van der Waals surface area contributed by atoms with Crippen molar-refractivity contribution in [2.24, 2.45) is 0 Å². The average Bonchev–Trinajstić information content (AvgIpc) is 3.09. The summed E-state index contributed by atoms with van der Waals surface area (Å²) in [5.41, 5.74) is 0. The first kappa shape index (κ1) is 14.7. The van der Waals surface area contributed by atoms with Crippen molar-refractivity contribution in [1.82, 2.24) is 0 Å². The highest BCUT2D eigenvalue weighted by Gasteiger charge is 2.41. The fourth-order valence-electron chi connectivity index (χ4n) is 2.11. The average molecular weight is 240 g/mol. The maximum atomic E-state index is 9.87. The lowest BCUT2D eigenvalue weighted by molar-refractivity contribution is 0.123. The Morgan fingerprint density at radius 2 is 1.82 bits per heavy atom. The van der Waals surface area contributed by atoms with Crippen LogP contribution in [0.4, 0.5) is 0 Å². The van der Waals surface area contributed by atoms with Gasteiger partial charge in [0.25, 0.3) is 0 Å². The predicted octanol–water partition coefficient (Wildman–Crippen LogP) is 3.83. The Kier molecular flexibility index (Phi) is 7.54. The van der Waals surface area contributed by atoms with Gasteiger partial charge in [0.2, 0.25) is 0 Å². The van der Waals surface area contributed by atoms with Crippen LogP contribution in [0.3, 0.4) is 0 Å². The smallest absolute Gasteiger partial charge is 0.114 e. The number of epoxide rings is 1. The number of unbranched alkanes of at least 4 members (excludes halogenated alkanes) is 5. The molecule has 0 unspecified atom stereocenters. The summed E-state index contributed by atoms with van der Waals surface area (Å²) in [6.45, 7) is 4.40. The van der Waals surface area contributed by atoms with E-state index in [2.05, 4.69) is 26.0 Å². The molecule has 2 heteroatoms. The van der Waals surface area contributed by atoms with Crippen LogP contribution in [0.1, 0.15) is 65.2 Å². The van der Waals surface area contributed by atoms with Crippen LogP contribution in [0.5, 0.6) is 0 Å². The summed E-state index contributed by atoms with van der Waals surface area (Å²) in [5.74, 6) is 0. The molecular formula is C15H28O2. The van der Waals surface area contributed by atoms with Gasteiger partial charge in [-0.1, -0.05) is 58.1 Å². The molecule has 0 aliphatic carbocycles. The molecule has 1 rings (SSSR count). The lowest BCUT2D eigenvalue weighted by Gasteiger charge is -2.05. The fraction of sp³-hybridized carbons (Fsp3) is 0.867. The van der Waals surface area contributed by atoms with Gasteiger partial charge in [0.15, 0.2) is 0 Å². The highest BCUT2D eigenvalue weighted by atomic mass is 16.6. The van der Waals surface area contributed by atoms with Crippen LogP contribution in [0.2, 0.25) is 0 Å². The largest absolute Gasteiger partial charge is 0.390 e. The Bertz CT molecular complexity index is 213. The maximum Gasteiger partial charge on any atom is 0.114 e. The minimum atomic E-state index is -0.258. The highest BCUT2D eigenvalue weighted by molar-refractivity contribution is 5.05. The number of aliphatic hydroxyl groups excluding tert-OH is 1. The molecule has 0 bridgehead atoms. The molecule has 17 heavy (non-hydrogen) atoms. The van der Waals surface area contributed by atoms with Gasteiger partial charge >= 0.3 is 0 Å². The third-order valence-electron chi connectivity index (χ3n) is 3.34. The lowest BCUT2D eigenvalue weighted by atomic mass is 10.1. The molecule has 0 aromatic carbocycles. The van der Waals surface area contributed by atoms with Gasteiger partial charge in [-0.05, 0) is 19.3 Å². The molecule has 0 amide bonds. The van der Waals surface area contributed by atoms with Crippen molar-refractivity contribution >= 4 is 0 Å². The molecule has 1 saturated heterocycles. The van der Waals surface area contributed by atoms with Crippen molar-refractivity contribution < 1.29 is 9.84 Å². The van der Waals surface area contributed by atoms with Crippen molar-refractivity contribution in [2.45, 2.75) is 83.5 Å². The van der Waals surface area contributed by atoms with Gasteiger partial charge in [-0.2, -0.15) is 0 Å². The van der Waals surface area contributed by atoms with Crippen molar-refractivity contribution in [1.29, 1.82) is 0 Å². The van der Waals surface area contributed by atoms with E-state index in [1.165, 1.54) is 32.1 Å². The second kappa shape index (κ2) is 8.71.